The molecule has 1 fully saturated rings. The number of methoxy groups -OCH3 is 2. The molecule has 2 aromatic carbocycles. The average Bonchev–Trinajstić information content (AvgIpc) is 2.85. The second kappa shape index (κ2) is 14.1. The van der Waals surface area contributed by atoms with Crippen molar-refractivity contribution in [2.45, 2.75) is 37.8 Å². The van der Waals surface area contributed by atoms with Crippen molar-refractivity contribution in [3.8, 4) is 11.5 Å². The Morgan fingerprint density at radius 2 is 1.09 bits per heavy atom. The van der Waals surface area contributed by atoms with E-state index in [1.807, 2.05) is 73.1 Å². The Morgan fingerprint density at radius 3 is 1.42 bits per heavy atom. The zero-order chi connectivity index (χ0) is 22.8. The molecule has 2 aromatic rings. The fourth-order valence-electron chi connectivity index (χ4n) is 3.59. The molecular formula is C26H28N2NiO2S2. The van der Waals surface area contributed by atoms with Crippen LogP contribution in [-0.4, -0.2) is 38.7 Å². The Morgan fingerprint density at radius 1 is 0.727 bits per heavy atom. The number of benzene rings is 2. The normalized spacial score (nSPS) is 19.5. The third-order valence-electron chi connectivity index (χ3n) is 5.45. The van der Waals surface area contributed by atoms with Crippen LogP contribution in [0.1, 0.15) is 36.8 Å². The van der Waals surface area contributed by atoms with E-state index in [2.05, 4.69) is 0 Å². The van der Waals surface area contributed by atoms with E-state index in [9.17, 15) is 0 Å². The number of ether oxygens (including phenoxy) is 2. The predicted octanol–water partition coefficient (Wildman–Crippen LogP) is 5.63. The molecule has 0 radical (unpaired) electrons. The summed E-state index contributed by atoms with van der Waals surface area (Å²) in [5.41, 5.74) is 1.96. The molecule has 0 amide bonds. The van der Waals surface area contributed by atoms with Crippen LogP contribution in [0.15, 0.2) is 70.7 Å². The van der Waals surface area contributed by atoms with Crippen molar-refractivity contribution >= 4 is 47.5 Å². The van der Waals surface area contributed by atoms with Crippen molar-refractivity contribution < 1.29 is 26.0 Å². The van der Waals surface area contributed by atoms with Gasteiger partial charge in [0.25, 0.3) is 0 Å². The molecule has 3 rings (SSSR count). The average molecular weight is 523 g/mol. The smallest absolute Gasteiger partial charge is 0.779 e. The largest absolute Gasteiger partial charge is 2.00 e. The minimum atomic E-state index is 0. The second-order valence-corrected chi connectivity index (χ2v) is 8.41. The van der Waals surface area contributed by atoms with Crippen LogP contribution in [0.4, 0.5) is 0 Å². The standard InChI is InChI=1S/C26H30N2O2S2.Ni/c1-29-21-11-7-19(8-12-21)25(31)15-17-27-23-5-3-4-6-24(23)28-18-16-26(32)20-9-13-22(30-2)14-10-20;/h7-18,23-24,31-32H,3-6H2,1-2H3;/q;+2/p-2. The van der Waals surface area contributed by atoms with Crippen molar-refractivity contribution in [3.05, 3.63) is 71.8 Å². The Kier molecular flexibility index (Phi) is 11.6. The first-order valence-electron chi connectivity index (χ1n) is 10.7. The maximum Gasteiger partial charge on any atom is 2.00 e. The van der Waals surface area contributed by atoms with Gasteiger partial charge in [-0.05, 0) is 48.2 Å². The van der Waals surface area contributed by atoms with Crippen LogP contribution in [0.25, 0.3) is 9.81 Å². The van der Waals surface area contributed by atoms with Gasteiger partial charge in [0.15, 0.2) is 0 Å². The maximum absolute atomic E-state index is 5.51. The fraction of sp³-hybridized carbons (Fsp3) is 0.308. The summed E-state index contributed by atoms with van der Waals surface area (Å²) in [5, 5.41) is 0. The SMILES string of the molecule is COc1ccc(C([S-])=CC=NC2CCCCC2N=CC=C([S-])c2ccc(OC)cc2)cc1.[Ni+2]. The van der Waals surface area contributed by atoms with Crippen LogP contribution in [0.3, 0.4) is 0 Å². The first kappa shape index (κ1) is 27.0. The first-order chi connectivity index (χ1) is 15.6. The zero-order valence-electron chi connectivity index (χ0n) is 18.8. The molecule has 2 atom stereocenters. The van der Waals surface area contributed by atoms with E-state index in [0.29, 0.717) is 0 Å². The van der Waals surface area contributed by atoms with Crippen molar-refractivity contribution in [3.63, 3.8) is 0 Å². The summed E-state index contributed by atoms with van der Waals surface area (Å²) in [6.07, 6.45) is 11.8. The number of hydrogen-bond donors (Lipinski definition) is 0. The van der Waals surface area contributed by atoms with E-state index in [4.69, 9.17) is 44.7 Å². The summed E-state index contributed by atoms with van der Waals surface area (Å²) >= 11 is 11.0. The molecule has 2 unspecified atom stereocenters. The first-order valence-corrected chi connectivity index (χ1v) is 11.5. The van der Waals surface area contributed by atoms with Crippen LogP contribution < -0.4 is 9.47 Å². The van der Waals surface area contributed by atoms with E-state index >= 15 is 0 Å². The summed E-state index contributed by atoms with van der Waals surface area (Å²) < 4.78 is 10.4. The van der Waals surface area contributed by atoms with Gasteiger partial charge < -0.3 is 34.7 Å². The molecule has 4 nitrogen and oxygen atoms in total. The van der Waals surface area contributed by atoms with Gasteiger partial charge in [-0.15, -0.1) is 0 Å². The predicted molar refractivity (Wildman–Crippen MR) is 140 cm³/mol. The molecule has 0 heterocycles. The van der Waals surface area contributed by atoms with Crippen molar-refractivity contribution in [1.29, 1.82) is 0 Å². The van der Waals surface area contributed by atoms with Crippen LogP contribution in [-0.2, 0) is 41.7 Å². The van der Waals surface area contributed by atoms with Crippen LogP contribution in [0.2, 0.25) is 0 Å². The Balaban J connectivity index is 0.00000385. The van der Waals surface area contributed by atoms with E-state index in [-0.39, 0.29) is 28.6 Å². The number of allylic oxidation sites excluding steroid dienone is 2. The molecule has 1 saturated carbocycles. The van der Waals surface area contributed by atoms with Gasteiger partial charge in [-0.2, -0.15) is 9.81 Å². The minimum absolute atomic E-state index is 0. The molecule has 0 N–H and O–H groups in total. The Labute approximate surface area is 218 Å². The maximum atomic E-state index is 5.51. The van der Waals surface area contributed by atoms with E-state index < -0.39 is 0 Å². The summed E-state index contributed by atoms with van der Waals surface area (Å²) in [6.45, 7) is 0. The fourth-order valence-corrected chi connectivity index (χ4v) is 3.98. The van der Waals surface area contributed by atoms with Crippen molar-refractivity contribution in [2.24, 2.45) is 9.98 Å². The van der Waals surface area contributed by atoms with Gasteiger partial charge in [-0.1, -0.05) is 49.3 Å². The number of nitrogens with zero attached hydrogens (tertiary/aromatic N) is 2. The molecule has 7 heteroatoms. The second-order valence-electron chi connectivity index (χ2n) is 7.53. The van der Waals surface area contributed by atoms with Gasteiger partial charge in [0.1, 0.15) is 11.5 Å². The topological polar surface area (TPSA) is 43.2 Å². The van der Waals surface area contributed by atoms with Gasteiger partial charge >= 0.3 is 16.5 Å². The van der Waals surface area contributed by atoms with Gasteiger partial charge in [-0.3, -0.25) is 9.98 Å². The van der Waals surface area contributed by atoms with Gasteiger partial charge in [0.2, 0.25) is 0 Å². The van der Waals surface area contributed by atoms with Gasteiger partial charge in [0.05, 0.1) is 26.3 Å². The van der Waals surface area contributed by atoms with Gasteiger partial charge in [0, 0.05) is 12.4 Å². The third-order valence-corrected chi connectivity index (χ3v) is 6.19. The molecule has 0 bridgehead atoms. The van der Waals surface area contributed by atoms with E-state index in [1.54, 1.807) is 14.2 Å². The molecule has 176 valence electrons. The van der Waals surface area contributed by atoms with Crippen molar-refractivity contribution in [1.82, 2.24) is 0 Å². The quantitative estimate of drug-likeness (QED) is 0.256. The molecule has 1 aliphatic rings. The summed E-state index contributed by atoms with van der Waals surface area (Å²) in [4.78, 5) is 11.1. The molecule has 1 aliphatic carbocycles. The summed E-state index contributed by atoms with van der Waals surface area (Å²) in [5.74, 6) is 1.63. The number of rotatable bonds is 8. The molecule has 0 spiro atoms. The van der Waals surface area contributed by atoms with E-state index in [0.717, 1.165) is 45.3 Å². The van der Waals surface area contributed by atoms with Gasteiger partial charge in [-0.25, -0.2) is 0 Å². The molecule has 0 saturated heterocycles. The third kappa shape index (κ3) is 8.26. The molecular weight excluding hydrogens is 495 g/mol. The summed E-state index contributed by atoms with van der Waals surface area (Å²) in [6, 6.07) is 15.8. The number of hydrogen-bond acceptors (Lipinski definition) is 6. The molecule has 0 aliphatic heterocycles. The summed E-state index contributed by atoms with van der Waals surface area (Å²) in [7, 11) is 3.30. The minimum Gasteiger partial charge on any atom is -0.779 e. The van der Waals surface area contributed by atoms with E-state index in [1.165, 1.54) is 12.8 Å². The number of aliphatic imine (C=N–C) groups is 2. The zero-order valence-corrected chi connectivity index (χ0v) is 21.4. The molecule has 33 heavy (non-hydrogen) atoms. The van der Waals surface area contributed by atoms with Crippen LogP contribution >= 0.6 is 0 Å². The molecule has 0 aromatic heterocycles. The van der Waals surface area contributed by atoms with Crippen LogP contribution in [0, 0.1) is 0 Å². The monoisotopic (exact) mass is 522 g/mol. The van der Waals surface area contributed by atoms with Crippen molar-refractivity contribution in [2.75, 3.05) is 14.2 Å². The Bertz CT molecular complexity index is 905. The Hall–Kier alpha value is -2.21. The van der Waals surface area contributed by atoms with Crippen LogP contribution in [0.5, 0.6) is 11.5 Å².